The van der Waals surface area contributed by atoms with Crippen LogP contribution in [0.1, 0.15) is 6.42 Å². The second-order valence-electron chi connectivity index (χ2n) is 2.82. The van der Waals surface area contributed by atoms with E-state index >= 15 is 0 Å². The van der Waals surface area contributed by atoms with Crippen molar-refractivity contribution in [1.82, 2.24) is 0 Å². The Labute approximate surface area is 59.3 Å². The maximum absolute atomic E-state index is 9.14. The smallest absolute Gasteiger partial charge is 0.0953 e. The highest BCUT2D eigenvalue weighted by atomic mass is 16.3. The van der Waals surface area contributed by atoms with Gasteiger partial charge in [-0.25, -0.2) is 0 Å². The molecule has 1 saturated carbocycles. The van der Waals surface area contributed by atoms with Gasteiger partial charge in [0.05, 0.1) is 12.2 Å². The van der Waals surface area contributed by atoms with Crippen molar-refractivity contribution >= 4 is 0 Å². The fourth-order valence-corrected chi connectivity index (χ4v) is 1.34. The molecule has 0 saturated heterocycles. The van der Waals surface area contributed by atoms with Gasteiger partial charge in [-0.1, -0.05) is 0 Å². The predicted molar refractivity (Wildman–Crippen MR) is 35.2 cm³/mol. The first-order chi connectivity index (χ1) is 4.66. The molecule has 1 aliphatic carbocycles. The van der Waals surface area contributed by atoms with Crippen molar-refractivity contribution in [3.63, 3.8) is 0 Å². The van der Waals surface area contributed by atoms with Crippen LogP contribution in [0.3, 0.4) is 0 Å². The summed E-state index contributed by atoms with van der Waals surface area (Å²) in [5, 5.41) is 26.9. The molecule has 1 fully saturated rings. The van der Waals surface area contributed by atoms with E-state index in [9.17, 15) is 0 Å². The molecule has 4 atom stereocenters. The number of hydrogen-bond acceptors (Lipinski definition) is 4. The number of nitrogens with two attached hydrogens (primary N) is 1. The van der Waals surface area contributed by atoms with Crippen LogP contribution in [0, 0.1) is 5.92 Å². The Bertz CT molecular complexity index is 120. The van der Waals surface area contributed by atoms with E-state index < -0.39 is 12.2 Å². The highest BCUT2D eigenvalue weighted by Crippen LogP contribution is 2.24. The molecule has 0 radical (unpaired) electrons. The van der Waals surface area contributed by atoms with Crippen LogP contribution in [0.2, 0.25) is 0 Å². The quantitative estimate of drug-likeness (QED) is 0.347. The standard InChI is InChI=1S/C6H13NO3/c7-4-1-3(2-8)5(9)6(4)10/h3-6,8-10H,1-2,7H2/t3-,4?,5?,6?/m1/s1. The molecule has 0 aromatic carbocycles. The topological polar surface area (TPSA) is 86.7 Å². The first-order valence-electron chi connectivity index (χ1n) is 3.39. The second-order valence-corrected chi connectivity index (χ2v) is 2.82. The van der Waals surface area contributed by atoms with Crippen LogP contribution in [0.25, 0.3) is 0 Å². The zero-order valence-corrected chi connectivity index (χ0v) is 5.64. The monoisotopic (exact) mass is 147 g/mol. The normalized spacial score (nSPS) is 48.0. The summed E-state index contributed by atoms with van der Waals surface area (Å²) >= 11 is 0. The van der Waals surface area contributed by atoms with Crippen molar-refractivity contribution in [1.29, 1.82) is 0 Å². The lowest BCUT2D eigenvalue weighted by Crippen LogP contribution is -2.35. The fourth-order valence-electron chi connectivity index (χ4n) is 1.34. The zero-order chi connectivity index (χ0) is 7.72. The third kappa shape index (κ3) is 1.15. The van der Waals surface area contributed by atoms with Crippen LogP contribution in [0.15, 0.2) is 0 Å². The van der Waals surface area contributed by atoms with Crippen LogP contribution >= 0.6 is 0 Å². The van der Waals surface area contributed by atoms with Crippen molar-refractivity contribution in [2.24, 2.45) is 11.7 Å². The average Bonchev–Trinajstić information content (AvgIpc) is 2.17. The Morgan fingerprint density at radius 2 is 1.90 bits per heavy atom. The van der Waals surface area contributed by atoms with Crippen molar-refractivity contribution < 1.29 is 15.3 Å². The lowest BCUT2D eigenvalue weighted by Gasteiger charge is -2.13. The molecule has 0 amide bonds. The van der Waals surface area contributed by atoms with E-state index in [1.807, 2.05) is 0 Å². The van der Waals surface area contributed by atoms with E-state index in [2.05, 4.69) is 0 Å². The van der Waals surface area contributed by atoms with Gasteiger partial charge in [-0.05, 0) is 6.42 Å². The number of rotatable bonds is 1. The summed E-state index contributed by atoms with van der Waals surface area (Å²) in [6.45, 7) is -0.105. The molecule has 5 N–H and O–H groups in total. The van der Waals surface area contributed by atoms with Gasteiger partial charge in [-0.2, -0.15) is 0 Å². The minimum Gasteiger partial charge on any atom is -0.396 e. The number of aliphatic hydroxyl groups is 3. The minimum absolute atomic E-state index is 0.105. The van der Waals surface area contributed by atoms with Crippen LogP contribution in [0.5, 0.6) is 0 Å². The number of hydrogen-bond donors (Lipinski definition) is 4. The summed E-state index contributed by atoms with van der Waals surface area (Å²) in [6.07, 6.45) is -1.21. The van der Waals surface area contributed by atoms with Crippen molar-refractivity contribution in [2.45, 2.75) is 24.7 Å². The summed E-state index contributed by atoms with van der Waals surface area (Å²) in [5.74, 6) is -0.245. The van der Waals surface area contributed by atoms with E-state index in [4.69, 9.17) is 21.1 Å². The Morgan fingerprint density at radius 3 is 2.10 bits per heavy atom. The first-order valence-corrected chi connectivity index (χ1v) is 3.39. The second kappa shape index (κ2) is 2.84. The van der Waals surface area contributed by atoms with Gasteiger partial charge in [-0.15, -0.1) is 0 Å². The highest BCUT2D eigenvalue weighted by Gasteiger charge is 2.38. The van der Waals surface area contributed by atoms with Gasteiger partial charge in [0, 0.05) is 18.6 Å². The molecule has 0 aromatic heterocycles. The van der Waals surface area contributed by atoms with Gasteiger partial charge in [0.1, 0.15) is 0 Å². The third-order valence-corrected chi connectivity index (χ3v) is 2.08. The Kier molecular flexibility index (Phi) is 2.25. The highest BCUT2D eigenvalue weighted by molar-refractivity contribution is 4.92. The summed E-state index contributed by atoms with van der Waals surface area (Å²) < 4.78 is 0. The molecule has 10 heavy (non-hydrogen) atoms. The molecule has 0 spiro atoms. The minimum atomic E-state index is -0.864. The van der Waals surface area contributed by atoms with Crippen molar-refractivity contribution in [3.8, 4) is 0 Å². The Morgan fingerprint density at radius 1 is 1.30 bits per heavy atom. The van der Waals surface area contributed by atoms with Gasteiger partial charge in [0.25, 0.3) is 0 Å². The lowest BCUT2D eigenvalue weighted by molar-refractivity contribution is 0.00300. The zero-order valence-electron chi connectivity index (χ0n) is 5.64. The van der Waals surface area contributed by atoms with E-state index in [1.165, 1.54) is 0 Å². The Balaban J connectivity index is 2.53. The maximum atomic E-state index is 9.14. The molecule has 0 aliphatic heterocycles. The first kappa shape index (κ1) is 7.94. The third-order valence-electron chi connectivity index (χ3n) is 2.08. The van der Waals surface area contributed by atoms with E-state index in [0.29, 0.717) is 6.42 Å². The Hall–Kier alpha value is -0.160. The van der Waals surface area contributed by atoms with Crippen molar-refractivity contribution in [2.75, 3.05) is 6.61 Å². The molecule has 1 rings (SSSR count). The molecule has 0 aromatic rings. The van der Waals surface area contributed by atoms with Crippen LogP contribution in [-0.4, -0.2) is 40.2 Å². The van der Waals surface area contributed by atoms with Gasteiger partial charge < -0.3 is 21.1 Å². The van der Waals surface area contributed by atoms with Gasteiger partial charge >= 0.3 is 0 Å². The molecule has 60 valence electrons. The molecular weight excluding hydrogens is 134 g/mol. The fraction of sp³-hybridized carbons (Fsp3) is 1.00. The van der Waals surface area contributed by atoms with E-state index in [-0.39, 0.29) is 18.6 Å². The van der Waals surface area contributed by atoms with Gasteiger partial charge in [0.2, 0.25) is 0 Å². The van der Waals surface area contributed by atoms with E-state index in [0.717, 1.165) is 0 Å². The summed E-state index contributed by atoms with van der Waals surface area (Å²) in [5.41, 5.74) is 5.41. The molecule has 3 unspecified atom stereocenters. The SMILES string of the molecule is NC1C[C@H](CO)C(O)C1O. The largest absolute Gasteiger partial charge is 0.396 e. The molecule has 4 nitrogen and oxygen atoms in total. The molecule has 0 heterocycles. The molecule has 4 heteroatoms. The summed E-state index contributed by atoms with van der Waals surface area (Å²) in [4.78, 5) is 0. The van der Waals surface area contributed by atoms with Crippen LogP contribution < -0.4 is 5.73 Å². The average molecular weight is 147 g/mol. The molecule has 0 bridgehead atoms. The van der Waals surface area contributed by atoms with Gasteiger partial charge in [-0.3, -0.25) is 0 Å². The van der Waals surface area contributed by atoms with Crippen molar-refractivity contribution in [3.05, 3.63) is 0 Å². The van der Waals surface area contributed by atoms with E-state index in [1.54, 1.807) is 0 Å². The van der Waals surface area contributed by atoms with Crippen LogP contribution in [0.4, 0.5) is 0 Å². The van der Waals surface area contributed by atoms with Gasteiger partial charge in [0.15, 0.2) is 0 Å². The maximum Gasteiger partial charge on any atom is 0.0953 e. The molecular formula is C6H13NO3. The summed E-state index contributed by atoms with van der Waals surface area (Å²) in [7, 11) is 0. The summed E-state index contributed by atoms with van der Waals surface area (Å²) in [6, 6.07) is -0.382. The number of aliphatic hydroxyl groups excluding tert-OH is 3. The van der Waals surface area contributed by atoms with Crippen LogP contribution in [-0.2, 0) is 0 Å². The molecule has 1 aliphatic rings. The predicted octanol–water partition coefficient (Wildman–Crippen LogP) is -1.95. The lowest BCUT2D eigenvalue weighted by atomic mass is 10.1.